The van der Waals surface area contributed by atoms with Gasteiger partial charge in [0.25, 0.3) is 0 Å². The topological polar surface area (TPSA) is 41.6 Å². The highest BCUT2D eigenvalue weighted by molar-refractivity contribution is 5.68. The van der Waals surface area contributed by atoms with Gasteiger partial charge in [0.1, 0.15) is 5.60 Å². The van der Waals surface area contributed by atoms with E-state index in [4.69, 9.17) is 4.74 Å². The first kappa shape index (κ1) is 15.4. The van der Waals surface area contributed by atoms with Crippen LogP contribution in [0.25, 0.3) is 0 Å². The van der Waals surface area contributed by atoms with Crippen LogP contribution >= 0.6 is 0 Å². The number of nitrogens with zero attached hydrogens (tertiary/aromatic N) is 1. The molecule has 0 atom stereocenters. The van der Waals surface area contributed by atoms with Crippen molar-refractivity contribution in [3.05, 3.63) is 11.6 Å². The van der Waals surface area contributed by atoms with Gasteiger partial charge < -0.3 is 15.0 Å². The predicted octanol–water partition coefficient (Wildman–Crippen LogP) is 2.94. The molecule has 2 aliphatic rings. The molecule has 4 nitrogen and oxygen atoms in total. The molecule has 114 valence electrons. The third kappa shape index (κ3) is 4.51. The van der Waals surface area contributed by atoms with E-state index in [1.165, 1.54) is 18.4 Å². The van der Waals surface area contributed by atoms with E-state index in [9.17, 15) is 4.79 Å². The van der Waals surface area contributed by atoms with Crippen molar-refractivity contribution in [1.82, 2.24) is 10.2 Å². The first-order valence-electron chi connectivity index (χ1n) is 7.73. The van der Waals surface area contributed by atoms with Crippen molar-refractivity contribution in [2.24, 2.45) is 5.92 Å². The highest BCUT2D eigenvalue weighted by Crippen LogP contribution is 2.26. The van der Waals surface area contributed by atoms with E-state index in [0.29, 0.717) is 12.6 Å². The Kier molecular flexibility index (Phi) is 4.74. The lowest BCUT2D eigenvalue weighted by Crippen LogP contribution is -2.43. The van der Waals surface area contributed by atoms with Crippen LogP contribution < -0.4 is 5.32 Å². The molecule has 0 radical (unpaired) electrons. The number of amides is 1. The van der Waals surface area contributed by atoms with Gasteiger partial charge in [-0.25, -0.2) is 4.79 Å². The van der Waals surface area contributed by atoms with Gasteiger partial charge >= 0.3 is 6.09 Å². The fourth-order valence-electron chi connectivity index (χ4n) is 2.71. The second-order valence-electron chi connectivity index (χ2n) is 7.19. The normalized spacial score (nSPS) is 26.8. The van der Waals surface area contributed by atoms with Crippen molar-refractivity contribution >= 4 is 6.09 Å². The van der Waals surface area contributed by atoms with Crippen LogP contribution in [0.2, 0.25) is 0 Å². The summed E-state index contributed by atoms with van der Waals surface area (Å²) in [5.74, 6) is 0.885. The van der Waals surface area contributed by atoms with Gasteiger partial charge in [-0.15, -0.1) is 0 Å². The molecular weight excluding hydrogens is 252 g/mol. The van der Waals surface area contributed by atoms with Crippen LogP contribution in [-0.4, -0.2) is 42.3 Å². The largest absolute Gasteiger partial charge is 0.444 e. The molecule has 4 heteroatoms. The number of rotatable bonds is 3. The summed E-state index contributed by atoms with van der Waals surface area (Å²) in [5.41, 5.74) is 1.01. The molecule has 0 saturated heterocycles. The maximum absolute atomic E-state index is 11.9. The number of nitrogens with one attached hydrogen (secondary N) is 1. The van der Waals surface area contributed by atoms with Gasteiger partial charge in [0.05, 0.1) is 0 Å². The van der Waals surface area contributed by atoms with Gasteiger partial charge in [-0.1, -0.05) is 18.6 Å². The minimum atomic E-state index is -0.413. The van der Waals surface area contributed by atoms with Crippen molar-refractivity contribution < 1.29 is 9.53 Å². The molecule has 1 fully saturated rings. The zero-order valence-corrected chi connectivity index (χ0v) is 13.2. The van der Waals surface area contributed by atoms with Crippen molar-refractivity contribution in [3.8, 4) is 0 Å². The molecule has 1 heterocycles. The highest BCUT2D eigenvalue weighted by atomic mass is 16.6. The summed E-state index contributed by atoms with van der Waals surface area (Å²) >= 11 is 0. The van der Waals surface area contributed by atoms with Crippen LogP contribution in [0.5, 0.6) is 0 Å². The molecule has 0 aromatic rings. The van der Waals surface area contributed by atoms with Crippen LogP contribution in [0.3, 0.4) is 0 Å². The van der Waals surface area contributed by atoms with Crippen molar-refractivity contribution in [2.75, 3.05) is 19.6 Å². The maximum Gasteiger partial charge on any atom is 0.410 e. The second-order valence-corrected chi connectivity index (χ2v) is 7.19. The van der Waals surface area contributed by atoms with Crippen molar-refractivity contribution in [3.63, 3.8) is 0 Å². The minimum absolute atomic E-state index is 0.200. The number of carbonyl (C=O) groups is 1. The quantitative estimate of drug-likeness (QED) is 0.808. The number of hydrogen-bond donors (Lipinski definition) is 1. The zero-order chi connectivity index (χ0) is 14.8. The third-order valence-electron chi connectivity index (χ3n) is 3.95. The standard InChI is InChI=1S/C16H28N2O2/c1-12-9-14(10-12)17-11-13-5-7-18(8-6-13)15(19)20-16(2,3)4/h5,12,14,17H,6-11H2,1-4H3. The van der Waals surface area contributed by atoms with Gasteiger partial charge in [0.15, 0.2) is 0 Å². The Morgan fingerprint density at radius 2 is 2.15 bits per heavy atom. The molecule has 1 saturated carbocycles. The monoisotopic (exact) mass is 280 g/mol. The Balaban J connectivity index is 1.71. The molecule has 1 aliphatic carbocycles. The molecule has 0 unspecified atom stereocenters. The molecule has 1 N–H and O–H groups in total. The third-order valence-corrected chi connectivity index (χ3v) is 3.95. The van der Waals surface area contributed by atoms with Crippen LogP contribution in [0, 0.1) is 5.92 Å². The molecule has 1 aliphatic heterocycles. The molecule has 0 bridgehead atoms. The van der Waals surface area contributed by atoms with E-state index < -0.39 is 5.60 Å². The average molecular weight is 280 g/mol. The van der Waals surface area contributed by atoms with Crippen molar-refractivity contribution in [2.45, 2.75) is 58.6 Å². The van der Waals surface area contributed by atoms with E-state index in [1.807, 2.05) is 20.8 Å². The van der Waals surface area contributed by atoms with Crippen LogP contribution in [0.15, 0.2) is 11.6 Å². The Bertz CT molecular complexity index is 378. The summed E-state index contributed by atoms with van der Waals surface area (Å²) in [7, 11) is 0. The first-order chi connectivity index (χ1) is 9.33. The number of carbonyl (C=O) groups excluding carboxylic acids is 1. The summed E-state index contributed by atoms with van der Waals surface area (Å²) in [6.07, 6.45) is 5.53. The van der Waals surface area contributed by atoms with Crippen LogP contribution in [-0.2, 0) is 4.74 Å². The second kappa shape index (κ2) is 6.17. The SMILES string of the molecule is CC1CC(NCC2=CCN(C(=O)OC(C)(C)C)CC2)C1. The number of ether oxygens (including phenoxy) is 1. The van der Waals surface area contributed by atoms with Gasteiger partial charge in [-0.05, 0) is 46.0 Å². The molecule has 2 rings (SSSR count). The molecule has 20 heavy (non-hydrogen) atoms. The first-order valence-corrected chi connectivity index (χ1v) is 7.73. The summed E-state index contributed by atoms with van der Waals surface area (Å²) in [4.78, 5) is 13.7. The average Bonchev–Trinajstić information content (AvgIpc) is 2.32. The van der Waals surface area contributed by atoms with Gasteiger partial charge in [-0.2, -0.15) is 0 Å². The fourth-order valence-corrected chi connectivity index (χ4v) is 2.71. The summed E-state index contributed by atoms with van der Waals surface area (Å²) in [6.45, 7) is 10.4. The van der Waals surface area contributed by atoms with Crippen LogP contribution in [0.4, 0.5) is 4.79 Å². The highest BCUT2D eigenvalue weighted by Gasteiger charge is 2.26. The van der Waals surface area contributed by atoms with Gasteiger partial charge in [-0.3, -0.25) is 0 Å². The van der Waals surface area contributed by atoms with E-state index >= 15 is 0 Å². The Hall–Kier alpha value is -1.03. The molecule has 0 spiro atoms. The molecular formula is C16H28N2O2. The number of hydrogen-bond acceptors (Lipinski definition) is 3. The predicted molar refractivity (Wildman–Crippen MR) is 80.7 cm³/mol. The van der Waals surface area contributed by atoms with Crippen LogP contribution in [0.1, 0.15) is 47.0 Å². The van der Waals surface area contributed by atoms with E-state index in [1.54, 1.807) is 4.90 Å². The van der Waals surface area contributed by atoms with Gasteiger partial charge in [0.2, 0.25) is 0 Å². The molecule has 0 aromatic heterocycles. The minimum Gasteiger partial charge on any atom is -0.444 e. The Morgan fingerprint density at radius 1 is 1.45 bits per heavy atom. The lowest BCUT2D eigenvalue weighted by atomic mass is 9.82. The summed E-state index contributed by atoms with van der Waals surface area (Å²) < 4.78 is 5.39. The van der Waals surface area contributed by atoms with Gasteiger partial charge in [0, 0.05) is 25.7 Å². The lowest BCUT2D eigenvalue weighted by molar-refractivity contribution is 0.0265. The zero-order valence-electron chi connectivity index (χ0n) is 13.2. The van der Waals surface area contributed by atoms with E-state index in [2.05, 4.69) is 18.3 Å². The van der Waals surface area contributed by atoms with E-state index in [0.717, 1.165) is 25.4 Å². The van der Waals surface area contributed by atoms with Crippen molar-refractivity contribution in [1.29, 1.82) is 0 Å². The van der Waals surface area contributed by atoms with E-state index in [-0.39, 0.29) is 6.09 Å². The molecule has 1 amide bonds. The summed E-state index contributed by atoms with van der Waals surface area (Å²) in [5, 5.41) is 3.60. The lowest BCUT2D eigenvalue weighted by Gasteiger charge is -2.34. The fraction of sp³-hybridized carbons (Fsp3) is 0.812. The molecule has 0 aromatic carbocycles. The maximum atomic E-state index is 11.9. The summed E-state index contributed by atoms with van der Waals surface area (Å²) in [6, 6.07) is 0.704. The Labute approximate surface area is 122 Å². The Morgan fingerprint density at radius 3 is 2.65 bits per heavy atom. The smallest absolute Gasteiger partial charge is 0.410 e.